The first-order chi connectivity index (χ1) is 13.2. The van der Waals surface area contributed by atoms with Crippen LogP contribution in [0, 0.1) is 0 Å². The van der Waals surface area contributed by atoms with Crippen LogP contribution in [0.2, 0.25) is 0 Å². The quantitative estimate of drug-likeness (QED) is 0.332. The van der Waals surface area contributed by atoms with Gasteiger partial charge >= 0.3 is 20.2 Å². The number of benzene rings is 1. The number of rotatable bonds is 4. The fraction of sp³-hybridized carbons (Fsp3) is 0.571. The summed E-state index contributed by atoms with van der Waals surface area (Å²) in [4.78, 5) is 12.7. The molecule has 2 fully saturated rings. The summed E-state index contributed by atoms with van der Waals surface area (Å²) in [6.45, 7) is 15.6. The summed E-state index contributed by atoms with van der Waals surface area (Å²) >= 11 is 0. The van der Waals surface area contributed by atoms with Gasteiger partial charge in [-0.1, -0.05) is 18.2 Å². The molecule has 0 bridgehead atoms. The molecule has 3 rings (SSSR count). The highest BCUT2D eigenvalue weighted by molar-refractivity contribution is 6.78. The third kappa shape index (κ3) is 4.31. The highest BCUT2D eigenvalue weighted by Gasteiger charge is 2.59. The van der Waals surface area contributed by atoms with Gasteiger partial charge in [0.05, 0.1) is 22.4 Å². The van der Waals surface area contributed by atoms with Gasteiger partial charge in [0.15, 0.2) is 0 Å². The molecule has 0 amide bonds. The Morgan fingerprint density at radius 2 is 1.14 bits per heavy atom. The first-order valence-corrected chi connectivity index (χ1v) is 9.94. The second kappa shape index (κ2) is 7.27. The maximum absolute atomic E-state index is 12.7. The van der Waals surface area contributed by atoms with Gasteiger partial charge in [-0.25, -0.2) is 4.79 Å². The Bertz CT molecular complexity index is 731. The largest absolute Gasteiger partial charge is 0.486 e. The van der Waals surface area contributed by atoms with Gasteiger partial charge in [0.1, 0.15) is 5.75 Å². The lowest BCUT2D eigenvalue weighted by Gasteiger charge is -2.32. The molecule has 0 N–H and O–H groups in total. The highest BCUT2D eigenvalue weighted by atomic mass is 16.7. The second-order valence-corrected chi connectivity index (χ2v) is 9.55. The van der Waals surface area contributed by atoms with E-state index in [2.05, 4.69) is 0 Å². The Morgan fingerprint density at radius 1 is 0.759 bits per heavy atom. The van der Waals surface area contributed by atoms with E-state index in [0.29, 0.717) is 11.1 Å². The number of carbonyl (C=O) groups is 1. The van der Waals surface area contributed by atoms with Crippen LogP contribution in [-0.2, 0) is 23.4 Å². The number of ether oxygens (including phenoxy) is 1. The van der Waals surface area contributed by atoms with Crippen molar-refractivity contribution in [3.8, 4) is 5.75 Å². The summed E-state index contributed by atoms with van der Waals surface area (Å²) in [7, 11) is -1.59. The van der Waals surface area contributed by atoms with Crippen molar-refractivity contribution in [1.29, 1.82) is 0 Å². The van der Waals surface area contributed by atoms with Crippen LogP contribution < -0.4 is 4.74 Å². The molecule has 1 aromatic rings. The average molecular weight is 400 g/mol. The van der Waals surface area contributed by atoms with Crippen molar-refractivity contribution >= 4 is 20.2 Å². The van der Waals surface area contributed by atoms with Gasteiger partial charge in [0.25, 0.3) is 0 Å². The zero-order valence-corrected chi connectivity index (χ0v) is 18.6. The van der Waals surface area contributed by atoms with Crippen LogP contribution in [0.5, 0.6) is 5.75 Å². The zero-order valence-electron chi connectivity index (χ0n) is 18.6. The van der Waals surface area contributed by atoms with Crippen molar-refractivity contribution < 1.29 is 28.1 Å². The van der Waals surface area contributed by atoms with Crippen LogP contribution in [0.4, 0.5) is 0 Å². The number of hydrogen-bond acceptors (Lipinski definition) is 6. The van der Waals surface area contributed by atoms with E-state index < -0.39 is 42.6 Å². The Balaban J connectivity index is 1.91. The molecule has 0 radical (unpaired) electrons. The molecule has 0 aromatic heterocycles. The van der Waals surface area contributed by atoms with Crippen molar-refractivity contribution in [2.45, 2.75) is 77.8 Å². The number of carbonyl (C=O) groups excluding carboxylic acids is 1. The number of hydrogen-bond donors (Lipinski definition) is 0. The van der Waals surface area contributed by atoms with Gasteiger partial charge in [-0.05, 0) is 72.9 Å². The maximum Gasteiger partial charge on any atom is 0.486 e. The predicted octanol–water partition coefficient (Wildman–Crippen LogP) is 3.78. The standard InChI is InChI=1S/C21H30B2O6/c1-18(2)19(3,4)27-22(26-18)16(23-28-20(5,6)21(7,8)29-23)14-17(24)25-15-12-10-9-11-13-15/h9-14H,1-8H3. The molecule has 8 heteroatoms. The van der Waals surface area contributed by atoms with Crippen molar-refractivity contribution in [1.82, 2.24) is 0 Å². The fourth-order valence-corrected chi connectivity index (χ4v) is 2.98. The van der Waals surface area contributed by atoms with Gasteiger partial charge in [-0.2, -0.15) is 0 Å². The topological polar surface area (TPSA) is 63.2 Å². The Morgan fingerprint density at radius 3 is 1.52 bits per heavy atom. The van der Waals surface area contributed by atoms with Crippen molar-refractivity contribution in [2.24, 2.45) is 0 Å². The molecule has 0 saturated carbocycles. The molecule has 0 spiro atoms. The van der Waals surface area contributed by atoms with E-state index in [0.717, 1.165) is 0 Å². The SMILES string of the molecule is CC1(C)OB(C(=CC(=O)Oc2ccccc2)B2OC(C)(C)C(C)(C)O2)OC1(C)C. The first kappa shape index (κ1) is 22.1. The molecule has 0 aliphatic carbocycles. The van der Waals surface area contributed by atoms with E-state index >= 15 is 0 Å². The lowest BCUT2D eigenvalue weighted by atomic mass is 9.57. The van der Waals surface area contributed by atoms with Gasteiger partial charge in [0.2, 0.25) is 0 Å². The molecule has 0 unspecified atom stereocenters. The molecule has 0 atom stereocenters. The summed E-state index contributed by atoms with van der Waals surface area (Å²) in [6.07, 6.45) is 1.36. The molecule has 2 heterocycles. The van der Waals surface area contributed by atoms with Crippen LogP contribution in [0.25, 0.3) is 0 Å². The van der Waals surface area contributed by atoms with Crippen molar-refractivity contribution in [2.75, 3.05) is 0 Å². The normalized spacial score (nSPS) is 23.7. The molecule has 156 valence electrons. The van der Waals surface area contributed by atoms with E-state index in [1.54, 1.807) is 24.3 Å². The van der Waals surface area contributed by atoms with E-state index in [1.165, 1.54) is 6.08 Å². The molecule has 2 aliphatic heterocycles. The number of para-hydroxylation sites is 1. The maximum atomic E-state index is 12.7. The van der Waals surface area contributed by atoms with Crippen molar-refractivity contribution in [3.63, 3.8) is 0 Å². The molecule has 1 aromatic carbocycles. The average Bonchev–Trinajstić information content (AvgIpc) is 2.93. The monoisotopic (exact) mass is 400 g/mol. The Labute approximate surface area is 174 Å². The van der Waals surface area contributed by atoms with Gasteiger partial charge in [-0.3, -0.25) is 0 Å². The molecule has 2 saturated heterocycles. The first-order valence-electron chi connectivity index (χ1n) is 9.94. The van der Waals surface area contributed by atoms with Gasteiger partial charge < -0.3 is 23.4 Å². The number of esters is 1. The third-order valence-electron chi connectivity index (χ3n) is 6.30. The van der Waals surface area contributed by atoms with Crippen LogP contribution in [0.3, 0.4) is 0 Å². The summed E-state index contributed by atoms with van der Waals surface area (Å²) in [5.74, 6) is -0.0911. The van der Waals surface area contributed by atoms with Crippen LogP contribution in [0.1, 0.15) is 55.4 Å². The van der Waals surface area contributed by atoms with Crippen LogP contribution >= 0.6 is 0 Å². The van der Waals surface area contributed by atoms with Gasteiger partial charge in [0, 0.05) is 6.08 Å². The van der Waals surface area contributed by atoms with Gasteiger partial charge in [-0.15, -0.1) is 0 Å². The van der Waals surface area contributed by atoms with E-state index in [4.69, 9.17) is 23.4 Å². The van der Waals surface area contributed by atoms with Crippen LogP contribution in [0.15, 0.2) is 41.8 Å². The minimum absolute atomic E-state index is 0.447. The molecular formula is C21H30B2O6. The summed E-state index contributed by atoms with van der Waals surface area (Å²) in [6, 6.07) is 8.89. The molecule has 29 heavy (non-hydrogen) atoms. The van der Waals surface area contributed by atoms with Crippen molar-refractivity contribution in [3.05, 3.63) is 41.8 Å². The molecular weight excluding hydrogens is 370 g/mol. The fourth-order valence-electron chi connectivity index (χ4n) is 2.98. The second-order valence-electron chi connectivity index (χ2n) is 9.55. The smallest absolute Gasteiger partial charge is 0.423 e. The highest BCUT2D eigenvalue weighted by Crippen LogP contribution is 2.43. The molecule has 2 aliphatic rings. The Hall–Kier alpha value is -1.60. The summed E-state index contributed by atoms with van der Waals surface area (Å²) in [5.41, 5.74) is -2.26. The summed E-state index contributed by atoms with van der Waals surface area (Å²) < 4.78 is 30.1. The van der Waals surface area contributed by atoms with E-state index in [9.17, 15) is 4.79 Å². The van der Waals surface area contributed by atoms with E-state index in [1.807, 2.05) is 61.5 Å². The lowest BCUT2D eigenvalue weighted by Crippen LogP contribution is -2.41. The Kier molecular flexibility index (Phi) is 5.54. The third-order valence-corrected chi connectivity index (χ3v) is 6.30. The van der Waals surface area contributed by atoms with E-state index in [-0.39, 0.29) is 0 Å². The molecule has 6 nitrogen and oxygen atoms in total. The van der Waals surface area contributed by atoms with Crippen LogP contribution in [-0.4, -0.2) is 42.6 Å². The lowest BCUT2D eigenvalue weighted by molar-refractivity contribution is -0.129. The minimum atomic E-state index is -0.793. The minimum Gasteiger partial charge on any atom is -0.423 e. The predicted molar refractivity (Wildman–Crippen MR) is 112 cm³/mol. The zero-order chi connectivity index (χ0) is 21.7. The summed E-state index contributed by atoms with van der Waals surface area (Å²) in [5, 5.41) is 0.447.